The van der Waals surface area contributed by atoms with Crippen molar-refractivity contribution in [3.8, 4) is 0 Å². The Morgan fingerprint density at radius 1 is 1.30 bits per heavy atom. The zero-order chi connectivity index (χ0) is 18.8. The highest BCUT2D eigenvalue weighted by atomic mass is 32.1. The van der Waals surface area contributed by atoms with Crippen molar-refractivity contribution in [1.82, 2.24) is 14.5 Å². The van der Waals surface area contributed by atoms with Crippen LogP contribution < -0.4 is 5.56 Å². The molecule has 0 fully saturated rings. The second-order valence-corrected chi connectivity index (χ2v) is 7.81. The Morgan fingerprint density at radius 3 is 2.89 bits per heavy atom. The fourth-order valence-corrected chi connectivity index (χ4v) is 4.75. The first kappa shape index (κ1) is 17.7. The molecule has 5 nitrogen and oxygen atoms in total. The van der Waals surface area contributed by atoms with Crippen molar-refractivity contribution in [2.75, 3.05) is 6.54 Å². The third-order valence-corrected chi connectivity index (χ3v) is 6.10. The molecule has 1 amide bonds. The molecule has 1 aliphatic heterocycles. The van der Waals surface area contributed by atoms with E-state index in [0.29, 0.717) is 32.5 Å². The normalized spacial score (nSPS) is 13.6. The van der Waals surface area contributed by atoms with Crippen molar-refractivity contribution < 1.29 is 4.79 Å². The van der Waals surface area contributed by atoms with Crippen LogP contribution in [-0.4, -0.2) is 26.9 Å². The topological polar surface area (TPSA) is 55.2 Å². The molecule has 4 rings (SSSR count). The van der Waals surface area contributed by atoms with Gasteiger partial charge in [0.1, 0.15) is 4.83 Å². The Kier molecular flexibility index (Phi) is 4.90. The second kappa shape index (κ2) is 7.48. The van der Waals surface area contributed by atoms with E-state index in [-0.39, 0.29) is 11.5 Å². The van der Waals surface area contributed by atoms with Crippen LogP contribution in [0.15, 0.2) is 54.1 Å². The van der Waals surface area contributed by atoms with E-state index in [2.05, 4.69) is 11.6 Å². The first-order chi connectivity index (χ1) is 13.2. The van der Waals surface area contributed by atoms with Crippen LogP contribution in [0.25, 0.3) is 10.2 Å². The number of carbonyl (C=O) groups is 1. The number of hydrogen-bond donors (Lipinski definition) is 0. The standard InChI is InChI=1S/C21H21N3O2S/c1-2-11-24-14-22-20-19(21(24)26)16-10-12-23(13-17(16)27-20)18(25)9-8-15-6-4-3-5-7-15/h2-7,14H,1,8-13H2. The predicted octanol–water partition coefficient (Wildman–Crippen LogP) is 3.16. The molecule has 6 heteroatoms. The molecule has 1 aromatic carbocycles. The maximum Gasteiger partial charge on any atom is 0.262 e. The molecule has 27 heavy (non-hydrogen) atoms. The Hall–Kier alpha value is -2.73. The van der Waals surface area contributed by atoms with E-state index in [9.17, 15) is 9.59 Å². The van der Waals surface area contributed by atoms with Gasteiger partial charge in [0, 0.05) is 24.4 Å². The lowest BCUT2D eigenvalue weighted by molar-refractivity contribution is -0.132. The molecule has 0 saturated heterocycles. The summed E-state index contributed by atoms with van der Waals surface area (Å²) in [5, 5.41) is 0.718. The van der Waals surface area contributed by atoms with Crippen LogP contribution in [0.2, 0.25) is 0 Å². The molecule has 0 N–H and O–H groups in total. The summed E-state index contributed by atoms with van der Waals surface area (Å²) in [6.45, 7) is 5.38. The van der Waals surface area contributed by atoms with Crippen molar-refractivity contribution in [1.29, 1.82) is 0 Å². The number of aromatic nitrogens is 2. The van der Waals surface area contributed by atoms with Crippen LogP contribution in [0, 0.1) is 0 Å². The summed E-state index contributed by atoms with van der Waals surface area (Å²) in [6.07, 6.45) is 5.25. The van der Waals surface area contributed by atoms with Gasteiger partial charge in [-0.25, -0.2) is 4.98 Å². The van der Waals surface area contributed by atoms with Crippen molar-refractivity contribution in [3.63, 3.8) is 0 Å². The van der Waals surface area contributed by atoms with Crippen LogP contribution in [0.4, 0.5) is 0 Å². The van der Waals surface area contributed by atoms with E-state index in [4.69, 9.17) is 0 Å². The van der Waals surface area contributed by atoms with Gasteiger partial charge in [0.05, 0.1) is 18.3 Å². The van der Waals surface area contributed by atoms with Gasteiger partial charge in [-0.15, -0.1) is 17.9 Å². The van der Waals surface area contributed by atoms with Crippen molar-refractivity contribution in [3.05, 3.63) is 75.7 Å². The summed E-state index contributed by atoms with van der Waals surface area (Å²) >= 11 is 1.53. The minimum absolute atomic E-state index is 0.0127. The minimum Gasteiger partial charge on any atom is -0.337 e. The summed E-state index contributed by atoms with van der Waals surface area (Å²) in [5.41, 5.74) is 2.23. The lowest BCUT2D eigenvalue weighted by Crippen LogP contribution is -2.35. The lowest BCUT2D eigenvalue weighted by atomic mass is 10.0. The van der Waals surface area contributed by atoms with Crippen LogP contribution >= 0.6 is 11.3 Å². The van der Waals surface area contributed by atoms with Crippen molar-refractivity contribution >= 4 is 27.5 Å². The number of allylic oxidation sites excluding steroid dienone is 1. The van der Waals surface area contributed by atoms with Gasteiger partial charge < -0.3 is 4.90 Å². The van der Waals surface area contributed by atoms with Gasteiger partial charge in [0.15, 0.2) is 0 Å². The molecule has 0 spiro atoms. The van der Waals surface area contributed by atoms with E-state index in [0.717, 1.165) is 27.1 Å². The van der Waals surface area contributed by atoms with Crippen molar-refractivity contribution in [2.24, 2.45) is 0 Å². The number of aryl methyl sites for hydroxylation is 1. The smallest absolute Gasteiger partial charge is 0.262 e. The summed E-state index contributed by atoms with van der Waals surface area (Å²) < 4.78 is 1.58. The van der Waals surface area contributed by atoms with Crippen LogP contribution in [0.3, 0.4) is 0 Å². The summed E-state index contributed by atoms with van der Waals surface area (Å²) in [6, 6.07) is 10.1. The van der Waals surface area contributed by atoms with Gasteiger partial charge in [0.25, 0.3) is 5.56 Å². The molecule has 0 atom stereocenters. The molecule has 0 bridgehead atoms. The fourth-order valence-electron chi connectivity index (χ4n) is 3.55. The average molecular weight is 379 g/mol. The molecule has 138 valence electrons. The fraction of sp³-hybridized carbons (Fsp3) is 0.286. The maximum absolute atomic E-state index is 12.7. The molecule has 3 heterocycles. The van der Waals surface area contributed by atoms with E-state index < -0.39 is 0 Å². The Balaban J connectivity index is 1.53. The zero-order valence-corrected chi connectivity index (χ0v) is 15.9. The number of fused-ring (bicyclic) bond motifs is 3. The molecule has 1 aliphatic rings. The number of hydrogen-bond acceptors (Lipinski definition) is 4. The third kappa shape index (κ3) is 3.45. The maximum atomic E-state index is 12.7. The Labute approximate surface area is 161 Å². The van der Waals surface area contributed by atoms with Gasteiger partial charge in [-0.3, -0.25) is 14.2 Å². The second-order valence-electron chi connectivity index (χ2n) is 6.73. The van der Waals surface area contributed by atoms with Crippen LogP contribution in [-0.2, 0) is 30.7 Å². The molecule has 0 radical (unpaired) electrons. The van der Waals surface area contributed by atoms with E-state index in [1.165, 1.54) is 16.9 Å². The SMILES string of the molecule is C=CCn1cnc2sc3c(c2c1=O)CCN(C(=O)CCc1ccccc1)C3. The van der Waals surface area contributed by atoms with Crippen molar-refractivity contribution in [2.45, 2.75) is 32.4 Å². The van der Waals surface area contributed by atoms with Gasteiger partial charge in [-0.1, -0.05) is 36.4 Å². The highest BCUT2D eigenvalue weighted by molar-refractivity contribution is 7.18. The molecule has 3 aromatic rings. The number of rotatable bonds is 5. The van der Waals surface area contributed by atoms with Crippen LogP contribution in [0.1, 0.15) is 22.4 Å². The van der Waals surface area contributed by atoms with E-state index in [1.54, 1.807) is 17.0 Å². The highest BCUT2D eigenvalue weighted by Crippen LogP contribution is 2.32. The Bertz CT molecular complexity index is 1050. The molecular weight excluding hydrogens is 358 g/mol. The zero-order valence-electron chi connectivity index (χ0n) is 15.1. The quantitative estimate of drug-likeness (QED) is 0.640. The summed E-state index contributed by atoms with van der Waals surface area (Å²) in [7, 11) is 0. The minimum atomic E-state index is -0.0127. The monoisotopic (exact) mass is 379 g/mol. The molecule has 0 saturated carbocycles. The number of amides is 1. The molecule has 2 aromatic heterocycles. The van der Waals surface area contributed by atoms with Gasteiger partial charge in [-0.05, 0) is 24.0 Å². The first-order valence-electron chi connectivity index (χ1n) is 9.09. The average Bonchev–Trinajstić information content (AvgIpc) is 3.07. The molecule has 0 unspecified atom stereocenters. The number of nitrogens with zero attached hydrogens (tertiary/aromatic N) is 3. The summed E-state index contributed by atoms with van der Waals surface area (Å²) in [5.74, 6) is 0.166. The van der Waals surface area contributed by atoms with E-state index >= 15 is 0 Å². The summed E-state index contributed by atoms with van der Waals surface area (Å²) in [4.78, 5) is 33.6. The molecular formula is C21H21N3O2S. The third-order valence-electron chi connectivity index (χ3n) is 4.98. The van der Waals surface area contributed by atoms with Gasteiger partial charge >= 0.3 is 0 Å². The van der Waals surface area contributed by atoms with Gasteiger partial charge in [-0.2, -0.15) is 0 Å². The van der Waals surface area contributed by atoms with Crippen LogP contribution in [0.5, 0.6) is 0 Å². The van der Waals surface area contributed by atoms with E-state index in [1.807, 2.05) is 35.2 Å². The largest absolute Gasteiger partial charge is 0.337 e. The Morgan fingerprint density at radius 2 is 2.11 bits per heavy atom. The predicted molar refractivity (Wildman–Crippen MR) is 108 cm³/mol. The van der Waals surface area contributed by atoms with Gasteiger partial charge in [0.2, 0.25) is 5.91 Å². The number of carbonyl (C=O) groups excluding carboxylic acids is 1. The number of thiophene rings is 1. The lowest BCUT2D eigenvalue weighted by Gasteiger charge is -2.27. The number of benzene rings is 1. The molecule has 0 aliphatic carbocycles. The highest BCUT2D eigenvalue weighted by Gasteiger charge is 2.26. The first-order valence-corrected chi connectivity index (χ1v) is 9.91.